The van der Waals surface area contributed by atoms with Crippen molar-refractivity contribution in [3.63, 3.8) is 0 Å². The lowest BCUT2D eigenvalue weighted by Gasteiger charge is -2.15. The number of pyridine rings is 1. The molecule has 1 aromatic carbocycles. The van der Waals surface area contributed by atoms with Crippen molar-refractivity contribution in [2.24, 2.45) is 0 Å². The van der Waals surface area contributed by atoms with Crippen molar-refractivity contribution >= 4 is 29.1 Å². The number of thioether (sulfide) groups is 1. The second-order valence-corrected chi connectivity index (χ2v) is 8.64. The van der Waals surface area contributed by atoms with E-state index in [1.165, 1.54) is 11.8 Å². The maximum absolute atomic E-state index is 13.1. The Morgan fingerprint density at radius 2 is 2.00 bits per heavy atom. The lowest BCUT2D eigenvalue weighted by atomic mass is 10.0. The molecule has 1 aliphatic rings. The van der Waals surface area contributed by atoms with Crippen LogP contribution in [0.2, 0.25) is 0 Å². The van der Waals surface area contributed by atoms with E-state index in [2.05, 4.69) is 21.8 Å². The van der Waals surface area contributed by atoms with E-state index in [4.69, 9.17) is 0 Å². The zero-order valence-corrected chi connectivity index (χ0v) is 18.3. The van der Waals surface area contributed by atoms with Crippen LogP contribution in [-0.2, 0) is 17.8 Å². The first kappa shape index (κ1) is 21.0. The van der Waals surface area contributed by atoms with Crippen LogP contribution in [0.15, 0.2) is 60.5 Å². The largest absolute Gasteiger partial charge is 0.312 e. The summed E-state index contributed by atoms with van der Waals surface area (Å²) in [5, 5.41) is 8.97. The topological polar surface area (TPSA) is 81.0 Å². The quantitative estimate of drug-likeness (QED) is 0.320. The standard InChI is InChI=1S/C23H23N5O2S/c1-4-12-28-22(17-7-10-24-11-8-17)25-26-23(28)31-15(2)21(30)19-5-6-20-18(14-19)9-13-27(20)16(3)29/h4-8,10-11,14-15H,1,9,12-13H2,2-3H3/t15-/m0/s1. The van der Waals surface area contributed by atoms with Gasteiger partial charge in [0, 0.05) is 49.2 Å². The number of hydrogen-bond acceptors (Lipinski definition) is 6. The van der Waals surface area contributed by atoms with E-state index < -0.39 is 0 Å². The molecule has 0 fully saturated rings. The minimum Gasteiger partial charge on any atom is -0.312 e. The van der Waals surface area contributed by atoms with E-state index in [9.17, 15) is 9.59 Å². The number of allylic oxidation sites excluding steroid dienone is 1. The number of fused-ring (bicyclic) bond motifs is 1. The molecule has 4 rings (SSSR count). The maximum Gasteiger partial charge on any atom is 0.223 e. The third-order valence-electron chi connectivity index (χ3n) is 5.26. The Hall–Kier alpha value is -3.26. The number of aromatic nitrogens is 4. The van der Waals surface area contributed by atoms with Gasteiger partial charge in [0.25, 0.3) is 0 Å². The predicted octanol–water partition coefficient (Wildman–Crippen LogP) is 3.80. The van der Waals surface area contributed by atoms with Gasteiger partial charge < -0.3 is 4.90 Å². The molecule has 31 heavy (non-hydrogen) atoms. The molecule has 0 saturated carbocycles. The number of nitrogens with zero attached hydrogens (tertiary/aromatic N) is 5. The highest BCUT2D eigenvalue weighted by Crippen LogP contribution is 2.32. The molecule has 0 bridgehead atoms. The van der Waals surface area contributed by atoms with E-state index in [0.717, 1.165) is 23.2 Å². The maximum atomic E-state index is 13.1. The second-order valence-electron chi connectivity index (χ2n) is 7.33. The fourth-order valence-electron chi connectivity index (χ4n) is 3.71. The number of hydrogen-bond donors (Lipinski definition) is 0. The van der Waals surface area contributed by atoms with Crippen molar-refractivity contribution in [2.75, 3.05) is 11.4 Å². The summed E-state index contributed by atoms with van der Waals surface area (Å²) in [5.41, 5.74) is 3.49. The summed E-state index contributed by atoms with van der Waals surface area (Å²) >= 11 is 1.38. The molecule has 8 heteroatoms. The predicted molar refractivity (Wildman–Crippen MR) is 121 cm³/mol. The van der Waals surface area contributed by atoms with Gasteiger partial charge in [0.15, 0.2) is 16.8 Å². The fraction of sp³-hybridized carbons (Fsp3) is 0.261. The van der Waals surface area contributed by atoms with Crippen LogP contribution in [0.1, 0.15) is 29.8 Å². The molecule has 0 N–H and O–H groups in total. The van der Waals surface area contributed by atoms with Gasteiger partial charge in [0.1, 0.15) is 0 Å². The highest BCUT2D eigenvalue weighted by molar-refractivity contribution is 8.00. The smallest absolute Gasteiger partial charge is 0.223 e. The normalized spacial score (nSPS) is 13.7. The fourth-order valence-corrected chi connectivity index (χ4v) is 4.65. The summed E-state index contributed by atoms with van der Waals surface area (Å²) in [6.07, 6.45) is 5.97. The molecule has 2 aromatic heterocycles. The van der Waals surface area contributed by atoms with Gasteiger partial charge >= 0.3 is 0 Å². The lowest BCUT2D eigenvalue weighted by molar-refractivity contribution is -0.116. The van der Waals surface area contributed by atoms with Crippen molar-refractivity contribution in [1.29, 1.82) is 0 Å². The monoisotopic (exact) mass is 433 g/mol. The molecule has 0 radical (unpaired) electrons. The summed E-state index contributed by atoms with van der Waals surface area (Å²) in [6.45, 7) is 8.47. The van der Waals surface area contributed by atoms with E-state index in [1.54, 1.807) is 36.4 Å². The number of carbonyl (C=O) groups excluding carboxylic acids is 2. The first-order valence-electron chi connectivity index (χ1n) is 10.1. The highest BCUT2D eigenvalue weighted by Gasteiger charge is 2.26. The van der Waals surface area contributed by atoms with Crippen molar-refractivity contribution < 1.29 is 9.59 Å². The third kappa shape index (κ3) is 4.16. The molecular formula is C23H23N5O2S. The summed E-state index contributed by atoms with van der Waals surface area (Å²) < 4.78 is 1.95. The zero-order chi connectivity index (χ0) is 22.0. The second kappa shape index (κ2) is 8.85. The van der Waals surface area contributed by atoms with Gasteiger partial charge in [-0.2, -0.15) is 0 Å². The number of Topliss-reactive ketones (excluding diaryl/α,β-unsaturated/α-hetero) is 1. The van der Waals surface area contributed by atoms with Gasteiger partial charge in [0.05, 0.1) is 5.25 Å². The van der Waals surface area contributed by atoms with Crippen molar-refractivity contribution in [2.45, 2.75) is 37.2 Å². The first-order valence-corrected chi connectivity index (χ1v) is 10.9. The number of amides is 1. The average Bonchev–Trinajstić information content (AvgIpc) is 3.38. The summed E-state index contributed by atoms with van der Waals surface area (Å²) in [5.74, 6) is 0.757. The number of rotatable bonds is 7. The number of carbonyl (C=O) groups is 2. The van der Waals surface area contributed by atoms with E-state index >= 15 is 0 Å². The Balaban J connectivity index is 1.55. The van der Waals surface area contributed by atoms with Gasteiger partial charge in [-0.1, -0.05) is 17.8 Å². The van der Waals surface area contributed by atoms with E-state index in [-0.39, 0.29) is 16.9 Å². The molecule has 1 atom stereocenters. The number of anilines is 1. The van der Waals surface area contributed by atoms with Crippen LogP contribution in [0.3, 0.4) is 0 Å². The minimum absolute atomic E-state index is 0.0210. The van der Waals surface area contributed by atoms with E-state index in [1.807, 2.05) is 35.8 Å². The Labute approximate surface area is 185 Å². The molecule has 0 aliphatic carbocycles. The SMILES string of the molecule is C=CCn1c(S[C@@H](C)C(=O)c2ccc3c(c2)CCN3C(C)=O)nnc1-c1ccncc1. The van der Waals surface area contributed by atoms with Crippen LogP contribution in [0.25, 0.3) is 11.4 Å². The molecule has 0 saturated heterocycles. The summed E-state index contributed by atoms with van der Waals surface area (Å²) in [4.78, 5) is 30.7. The number of ketones is 1. The molecule has 0 spiro atoms. The Morgan fingerprint density at radius 1 is 1.23 bits per heavy atom. The van der Waals surface area contributed by atoms with Gasteiger partial charge in [-0.15, -0.1) is 16.8 Å². The van der Waals surface area contributed by atoms with Crippen molar-refractivity contribution in [3.8, 4) is 11.4 Å². The van der Waals surface area contributed by atoms with Gasteiger partial charge in [0.2, 0.25) is 5.91 Å². The summed E-state index contributed by atoms with van der Waals surface area (Å²) in [6, 6.07) is 9.34. The molecule has 0 unspecified atom stereocenters. The third-order valence-corrected chi connectivity index (χ3v) is 6.34. The zero-order valence-electron chi connectivity index (χ0n) is 17.5. The molecular weight excluding hydrogens is 410 g/mol. The molecule has 1 aliphatic heterocycles. The molecule has 1 amide bonds. The Kier molecular flexibility index (Phi) is 5.99. The Bertz CT molecular complexity index is 1140. The number of benzene rings is 1. The molecule has 3 heterocycles. The lowest BCUT2D eigenvalue weighted by Crippen LogP contribution is -2.25. The van der Waals surface area contributed by atoms with Crippen LogP contribution in [0.4, 0.5) is 5.69 Å². The van der Waals surface area contributed by atoms with E-state index in [0.29, 0.717) is 29.6 Å². The van der Waals surface area contributed by atoms with Crippen LogP contribution in [0.5, 0.6) is 0 Å². The Morgan fingerprint density at radius 3 is 2.71 bits per heavy atom. The first-order chi connectivity index (χ1) is 15.0. The minimum atomic E-state index is -0.346. The van der Waals surface area contributed by atoms with Crippen molar-refractivity contribution in [3.05, 3.63) is 66.5 Å². The van der Waals surface area contributed by atoms with Crippen molar-refractivity contribution in [1.82, 2.24) is 19.7 Å². The van der Waals surface area contributed by atoms with Crippen LogP contribution < -0.4 is 4.90 Å². The molecule has 7 nitrogen and oxygen atoms in total. The molecule has 3 aromatic rings. The van der Waals surface area contributed by atoms with Gasteiger partial charge in [-0.25, -0.2) is 0 Å². The van der Waals surface area contributed by atoms with Crippen LogP contribution in [0, 0.1) is 0 Å². The van der Waals surface area contributed by atoms with Crippen LogP contribution in [-0.4, -0.2) is 43.2 Å². The van der Waals surface area contributed by atoms with Gasteiger partial charge in [-0.05, 0) is 49.2 Å². The average molecular weight is 434 g/mol. The molecule has 158 valence electrons. The van der Waals surface area contributed by atoms with Crippen LogP contribution >= 0.6 is 11.8 Å². The highest BCUT2D eigenvalue weighted by atomic mass is 32.2. The summed E-state index contributed by atoms with van der Waals surface area (Å²) in [7, 11) is 0. The van der Waals surface area contributed by atoms with Gasteiger partial charge in [-0.3, -0.25) is 19.1 Å².